The van der Waals surface area contributed by atoms with Crippen LogP contribution >= 0.6 is 11.8 Å². The highest BCUT2D eigenvalue weighted by Gasteiger charge is 2.31. The van der Waals surface area contributed by atoms with Gasteiger partial charge in [-0.3, -0.25) is 19.2 Å². The maximum Gasteiger partial charge on any atom is 0.289 e. The fraction of sp³-hybridized carbons (Fsp3) is 0.500. The van der Waals surface area contributed by atoms with Crippen molar-refractivity contribution in [2.45, 2.75) is 13.5 Å². The number of thioether (sulfide) groups is 1. The highest BCUT2D eigenvalue weighted by Crippen LogP contribution is 2.25. The number of imide groups is 1. The van der Waals surface area contributed by atoms with E-state index in [0.29, 0.717) is 6.54 Å². The summed E-state index contributed by atoms with van der Waals surface area (Å²) in [5, 5.41) is 7.12. The fourth-order valence-electron chi connectivity index (χ4n) is 1.90. The average Bonchev–Trinajstić information content (AvgIpc) is 2.73. The number of amides is 2. The summed E-state index contributed by atoms with van der Waals surface area (Å²) in [6.07, 6.45) is 0. The van der Waals surface area contributed by atoms with Crippen LogP contribution in [0, 0.1) is 6.92 Å². The first kappa shape index (κ1) is 12.0. The van der Waals surface area contributed by atoms with Crippen LogP contribution in [-0.2, 0) is 18.4 Å². The van der Waals surface area contributed by atoms with Crippen molar-refractivity contribution in [3.63, 3.8) is 0 Å². The molecule has 1 N–H and O–H groups in total. The number of carbonyl (C=O) groups excluding carboxylic acids is 2. The van der Waals surface area contributed by atoms with Crippen molar-refractivity contribution < 1.29 is 9.59 Å². The zero-order valence-corrected chi connectivity index (χ0v) is 10.8. The first-order chi connectivity index (χ1) is 8.04. The van der Waals surface area contributed by atoms with Crippen molar-refractivity contribution in [1.82, 2.24) is 14.7 Å². The molecule has 6 nitrogen and oxygen atoms in total. The second kappa shape index (κ2) is 4.40. The lowest BCUT2D eigenvalue weighted by molar-refractivity contribution is -0.125. The van der Waals surface area contributed by atoms with E-state index < -0.39 is 0 Å². The summed E-state index contributed by atoms with van der Waals surface area (Å²) in [6, 6.07) is 0. The Morgan fingerprint density at radius 2 is 2.18 bits per heavy atom. The summed E-state index contributed by atoms with van der Waals surface area (Å²) in [6.45, 7) is 2.16. The van der Waals surface area contributed by atoms with Gasteiger partial charge in [0.15, 0.2) is 0 Å². The molecule has 1 saturated heterocycles. The summed E-state index contributed by atoms with van der Waals surface area (Å²) in [7, 11) is 3.62. The minimum Gasteiger partial charge on any atom is -0.373 e. The van der Waals surface area contributed by atoms with Crippen LogP contribution in [0.3, 0.4) is 0 Å². The number of carbonyl (C=O) groups is 2. The molecular weight excluding hydrogens is 240 g/mol. The lowest BCUT2D eigenvalue weighted by Crippen LogP contribution is -2.28. The van der Waals surface area contributed by atoms with E-state index in [2.05, 4.69) is 10.4 Å². The third-order valence-corrected chi connectivity index (χ3v) is 3.60. The predicted molar refractivity (Wildman–Crippen MR) is 65.9 cm³/mol. The lowest BCUT2D eigenvalue weighted by Gasteiger charge is -2.13. The van der Waals surface area contributed by atoms with Crippen molar-refractivity contribution in [2.75, 3.05) is 18.1 Å². The van der Waals surface area contributed by atoms with Gasteiger partial charge in [-0.15, -0.1) is 0 Å². The summed E-state index contributed by atoms with van der Waals surface area (Å²) >= 11 is 1.05. The molecule has 0 spiro atoms. The van der Waals surface area contributed by atoms with E-state index in [1.54, 1.807) is 11.7 Å². The molecule has 0 aromatic carbocycles. The SMILES string of the molecule is CNc1c(CN2C(=O)CSC2=O)c(C)nn1C. The molecule has 0 aliphatic carbocycles. The summed E-state index contributed by atoms with van der Waals surface area (Å²) in [5.41, 5.74) is 1.72. The maximum absolute atomic E-state index is 11.5. The van der Waals surface area contributed by atoms with Crippen LogP contribution in [0.1, 0.15) is 11.3 Å². The van der Waals surface area contributed by atoms with Crippen LogP contribution in [0.4, 0.5) is 10.6 Å². The van der Waals surface area contributed by atoms with Crippen LogP contribution < -0.4 is 5.32 Å². The normalized spacial score (nSPS) is 15.8. The number of nitrogens with zero attached hydrogens (tertiary/aromatic N) is 3. The number of aryl methyl sites for hydroxylation is 2. The number of hydrogen-bond donors (Lipinski definition) is 1. The van der Waals surface area contributed by atoms with Crippen molar-refractivity contribution in [2.24, 2.45) is 7.05 Å². The summed E-state index contributed by atoms with van der Waals surface area (Å²) in [4.78, 5) is 24.3. The molecule has 0 bridgehead atoms. The van der Waals surface area contributed by atoms with Crippen molar-refractivity contribution in [3.8, 4) is 0 Å². The first-order valence-corrected chi connectivity index (χ1v) is 6.20. The third-order valence-electron chi connectivity index (χ3n) is 2.74. The van der Waals surface area contributed by atoms with Crippen LogP contribution in [-0.4, -0.2) is 38.6 Å². The van der Waals surface area contributed by atoms with Gasteiger partial charge in [0.2, 0.25) is 5.91 Å². The molecule has 2 amide bonds. The highest BCUT2D eigenvalue weighted by atomic mass is 32.2. The minimum atomic E-state index is -0.180. The number of hydrogen-bond acceptors (Lipinski definition) is 5. The van der Waals surface area contributed by atoms with E-state index in [0.717, 1.165) is 28.8 Å². The van der Waals surface area contributed by atoms with Gasteiger partial charge in [-0.05, 0) is 6.92 Å². The van der Waals surface area contributed by atoms with Gasteiger partial charge in [0, 0.05) is 19.7 Å². The van der Waals surface area contributed by atoms with E-state index in [4.69, 9.17) is 0 Å². The zero-order valence-electron chi connectivity index (χ0n) is 9.98. The molecule has 0 saturated carbocycles. The lowest BCUT2D eigenvalue weighted by atomic mass is 10.2. The molecule has 1 aliphatic rings. The van der Waals surface area contributed by atoms with Crippen LogP contribution in [0.2, 0.25) is 0 Å². The minimum absolute atomic E-state index is 0.134. The number of rotatable bonds is 3. The van der Waals surface area contributed by atoms with E-state index >= 15 is 0 Å². The van der Waals surface area contributed by atoms with E-state index in [1.165, 1.54) is 4.90 Å². The quantitative estimate of drug-likeness (QED) is 0.870. The van der Waals surface area contributed by atoms with Gasteiger partial charge in [-0.25, -0.2) is 0 Å². The number of nitrogens with one attached hydrogen (secondary N) is 1. The molecule has 2 rings (SSSR count). The number of aromatic nitrogens is 2. The Hall–Kier alpha value is -1.50. The Bertz CT molecular complexity index is 467. The molecule has 17 heavy (non-hydrogen) atoms. The van der Waals surface area contributed by atoms with Crippen LogP contribution in [0.25, 0.3) is 0 Å². The predicted octanol–water partition coefficient (Wildman–Crippen LogP) is 0.966. The number of anilines is 1. The Balaban J connectivity index is 2.29. The van der Waals surface area contributed by atoms with Gasteiger partial charge in [0.05, 0.1) is 18.0 Å². The molecule has 7 heteroatoms. The topological polar surface area (TPSA) is 67.2 Å². The molecular formula is C10H14N4O2S. The van der Waals surface area contributed by atoms with Crippen molar-refractivity contribution in [1.29, 1.82) is 0 Å². The average molecular weight is 254 g/mol. The van der Waals surface area contributed by atoms with Crippen molar-refractivity contribution >= 4 is 28.7 Å². The molecule has 92 valence electrons. The van der Waals surface area contributed by atoms with Crippen molar-refractivity contribution in [3.05, 3.63) is 11.3 Å². The molecule has 2 heterocycles. The molecule has 1 aromatic rings. The molecule has 1 fully saturated rings. The van der Waals surface area contributed by atoms with Gasteiger partial charge in [0.25, 0.3) is 5.24 Å². The Morgan fingerprint density at radius 1 is 1.47 bits per heavy atom. The summed E-state index contributed by atoms with van der Waals surface area (Å²) < 4.78 is 1.71. The van der Waals surface area contributed by atoms with Gasteiger partial charge < -0.3 is 5.32 Å². The fourth-order valence-corrected chi connectivity index (χ4v) is 2.62. The summed E-state index contributed by atoms with van der Waals surface area (Å²) in [5.74, 6) is 0.942. The largest absolute Gasteiger partial charge is 0.373 e. The van der Waals surface area contributed by atoms with Gasteiger partial charge in [-0.1, -0.05) is 11.8 Å². The highest BCUT2D eigenvalue weighted by molar-refractivity contribution is 8.14. The third kappa shape index (κ3) is 2.02. The monoisotopic (exact) mass is 254 g/mol. The van der Waals surface area contributed by atoms with Gasteiger partial charge >= 0.3 is 0 Å². The second-order valence-corrected chi connectivity index (χ2v) is 4.75. The molecule has 1 aliphatic heterocycles. The molecule has 0 atom stereocenters. The smallest absolute Gasteiger partial charge is 0.289 e. The van der Waals surface area contributed by atoms with E-state index in [-0.39, 0.29) is 16.9 Å². The zero-order chi connectivity index (χ0) is 12.6. The maximum atomic E-state index is 11.5. The van der Waals surface area contributed by atoms with Crippen LogP contribution in [0.5, 0.6) is 0 Å². The standard InChI is InChI=1S/C10H14N4O2S/c1-6-7(9(11-2)13(3)12-6)4-14-8(15)5-17-10(14)16/h11H,4-5H2,1-3H3. The van der Waals surface area contributed by atoms with Crippen LogP contribution in [0.15, 0.2) is 0 Å². The van der Waals surface area contributed by atoms with Gasteiger partial charge in [-0.2, -0.15) is 5.10 Å². The van der Waals surface area contributed by atoms with Gasteiger partial charge in [0.1, 0.15) is 5.82 Å². The molecule has 0 unspecified atom stereocenters. The second-order valence-electron chi connectivity index (χ2n) is 3.82. The van der Waals surface area contributed by atoms with E-state index in [1.807, 2.05) is 14.0 Å². The Kier molecular flexibility index (Phi) is 3.10. The molecule has 0 radical (unpaired) electrons. The first-order valence-electron chi connectivity index (χ1n) is 5.22. The molecule has 1 aromatic heterocycles. The Morgan fingerprint density at radius 3 is 2.71 bits per heavy atom. The van der Waals surface area contributed by atoms with E-state index in [9.17, 15) is 9.59 Å². The Labute approximate surface area is 103 Å².